The molecule has 0 aliphatic heterocycles. The van der Waals surface area contributed by atoms with Gasteiger partial charge in [0.15, 0.2) is 5.96 Å². The van der Waals surface area contributed by atoms with E-state index in [1.54, 1.807) is 0 Å². The number of guanidine groups is 1. The molecule has 0 bridgehead atoms. The molecule has 1 aromatic carbocycles. The highest BCUT2D eigenvalue weighted by Gasteiger charge is 2.42. The van der Waals surface area contributed by atoms with Gasteiger partial charge in [-0.15, -0.1) is 24.0 Å². The summed E-state index contributed by atoms with van der Waals surface area (Å²) in [6, 6.07) is 10.5. The average Bonchev–Trinajstić information content (AvgIpc) is 2.97. The van der Waals surface area contributed by atoms with E-state index in [0.29, 0.717) is 5.41 Å². The fraction of sp³-hybridized carbons (Fsp3) is 0.417. The molecule has 0 heterocycles. The van der Waals surface area contributed by atoms with Crippen LogP contribution in [0.4, 0.5) is 0 Å². The van der Waals surface area contributed by atoms with Crippen molar-refractivity contribution in [3.8, 4) is 0 Å². The predicted molar refractivity (Wildman–Crippen MR) is 77.9 cm³/mol. The van der Waals surface area contributed by atoms with Crippen LogP contribution in [-0.4, -0.2) is 12.5 Å². The van der Waals surface area contributed by atoms with Gasteiger partial charge in [0.2, 0.25) is 0 Å². The summed E-state index contributed by atoms with van der Waals surface area (Å²) in [6.45, 7) is 0.768. The van der Waals surface area contributed by atoms with Gasteiger partial charge in [-0.3, -0.25) is 4.99 Å². The summed E-state index contributed by atoms with van der Waals surface area (Å²) in [5.41, 5.74) is 12.4. The van der Waals surface area contributed by atoms with Gasteiger partial charge in [-0.2, -0.15) is 0 Å². The molecule has 4 N–H and O–H groups in total. The van der Waals surface area contributed by atoms with Crippen LogP contribution in [-0.2, 0) is 6.42 Å². The normalized spacial score (nSPS) is 16.0. The van der Waals surface area contributed by atoms with Gasteiger partial charge in [0.05, 0.1) is 0 Å². The second-order valence-electron chi connectivity index (χ2n) is 4.40. The van der Waals surface area contributed by atoms with Crippen LogP contribution < -0.4 is 11.5 Å². The van der Waals surface area contributed by atoms with E-state index >= 15 is 0 Å². The quantitative estimate of drug-likeness (QED) is 0.503. The van der Waals surface area contributed by atoms with Gasteiger partial charge >= 0.3 is 0 Å². The molecule has 0 radical (unpaired) electrons. The number of hydrogen-bond donors (Lipinski definition) is 2. The molecule has 0 aromatic heterocycles. The molecular formula is C12H18IN3. The Kier molecular flexibility index (Phi) is 4.58. The maximum atomic E-state index is 5.35. The summed E-state index contributed by atoms with van der Waals surface area (Å²) in [5, 5.41) is 0. The van der Waals surface area contributed by atoms with Crippen molar-refractivity contribution in [2.24, 2.45) is 21.9 Å². The van der Waals surface area contributed by atoms with Crippen molar-refractivity contribution < 1.29 is 0 Å². The Bertz CT molecular complexity index is 354. The Morgan fingerprint density at radius 2 is 1.81 bits per heavy atom. The van der Waals surface area contributed by atoms with Gasteiger partial charge in [-0.05, 0) is 30.2 Å². The van der Waals surface area contributed by atoms with E-state index in [2.05, 4.69) is 29.3 Å². The largest absolute Gasteiger partial charge is 0.370 e. The first-order valence-corrected chi connectivity index (χ1v) is 5.30. The molecule has 88 valence electrons. The van der Waals surface area contributed by atoms with Crippen LogP contribution in [0.15, 0.2) is 35.3 Å². The number of nitrogens with zero attached hydrogens (tertiary/aromatic N) is 1. The number of halogens is 1. The molecule has 1 fully saturated rings. The van der Waals surface area contributed by atoms with Gasteiger partial charge in [-0.1, -0.05) is 30.3 Å². The zero-order chi connectivity index (χ0) is 10.7. The molecule has 2 rings (SSSR count). The molecule has 4 heteroatoms. The van der Waals surface area contributed by atoms with Crippen molar-refractivity contribution in [2.75, 3.05) is 6.54 Å². The highest BCUT2D eigenvalue weighted by molar-refractivity contribution is 14.0. The van der Waals surface area contributed by atoms with Crippen molar-refractivity contribution in [2.45, 2.75) is 19.3 Å². The Morgan fingerprint density at radius 3 is 2.31 bits per heavy atom. The fourth-order valence-electron chi connectivity index (χ4n) is 1.86. The fourth-order valence-corrected chi connectivity index (χ4v) is 1.86. The zero-order valence-electron chi connectivity index (χ0n) is 9.23. The molecule has 1 saturated carbocycles. The van der Waals surface area contributed by atoms with Gasteiger partial charge in [0, 0.05) is 6.54 Å². The lowest BCUT2D eigenvalue weighted by Crippen LogP contribution is -2.24. The molecule has 1 aliphatic rings. The van der Waals surface area contributed by atoms with E-state index in [4.69, 9.17) is 11.5 Å². The van der Waals surface area contributed by atoms with Gasteiger partial charge in [-0.25, -0.2) is 0 Å². The van der Waals surface area contributed by atoms with Crippen molar-refractivity contribution in [3.05, 3.63) is 35.9 Å². The monoisotopic (exact) mass is 331 g/mol. The predicted octanol–water partition coefficient (Wildman–Crippen LogP) is 1.90. The molecule has 16 heavy (non-hydrogen) atoms. The number of nitrogens with two attached hydrogens (primary N) is 2. The minimum atomic E-state index is 0. The molecule has 0 spiro atoms. The molecule has 3 nitrogen and oxygen atoms in total. The summed E-state index contributed by atoms with van der Waals surface area (Å²) < 4.78 is 0. The van der Waals surface area contributed by atoms with Crippen LogP contribution in [0.25, 0.3) is 0 Å². The lowest BCUT2D eigenvalue weighted by molar-refractivity contribution is 0.522. The molecule has 0 unspecified atom stereocenters. The molecule has 0 saturated heterocycles. The first-order valence-electron chi connectivity index (χ1n) is 5.30. The van der Waals surface area contributed by atoms with E-state index < -0.39 is 0 Å². The highest BCUT2D eigenvalue weighted by Crippen LogP contribution is 2.48. The Hall–Kier alpha value is -0.780. The van der Waals surface area contributed by atoms with Gasteiger partial charge < -0.3 is 11.5 Å². The summed E-state index contributed by atoms with van der Waals surface area (Å²) in [4.78, 5) is 4.13. The summed E-state index contributed by atoms with van der Waals surface area (Å²) >= 11 is 0. The lowest BCUT2D eigenvalue weighted by Gasteiger charge is -2.12. The molecular weight excluding hydrogens is 313 g/mol. The minimum absolute atomic E-state index is 0. The van der Waals surface area contributed by atoms with Crippen LogP contribution in [0.1, 0.15) is 18.4 Å². The Morgan fingerprint density at radius 1 is 1.19 bits per heavy atom. The molecule has 1 aliphatic carbocycles. The maximum absolute atomic E-state index is 5.35. The van der Waals surface area contributed by atoms with Crippen molar-refractivity contribution in [3.63, 3.8) is 0 Å². The van der Waals surface area contributed by atoms with Crippen LogP contribution >= 0.6 is 24.0 Å². The standard InChI is InChI=1S/C12H17N3.HI/c13-11(14)15-9-12(6-7-12)8-10-4-2-1-3-5-10;/h1-5H,6-9H2,(H4,13,14,15);1H. The van der Waals surface area contributed by atoms with Crippen molar-refractivity contribution in [1.82, 2.24) is 0 Å². The topological polar surface area (TPSA) is 64.4 Å². The van der Waals surface area contributed by atoms with Gasteiger partial charge in [0.25, 0.3) is 0 Å². The van der Waals surface area contributed by atoms with Crippen molar-refractivity contribution in [1.29, 1.82) is 0 Å². The van der Waals surface area contributed by atoms with Crippen molar-refractivity contribution >= 4 is 29.9 Å². The molecule has 0 amide bonds. The van der Waals surface area contributed by atoms with Crippen LogP contribution in [0.2, 0.25) is 0 Å². The van der Waals surface area contributed by atoms with E-state index in [0.717, 1.165) is 13.0 Å². The number of aliphatic imine (C=N–C) groups is 1. The smallest absolute Gasteiger partial charge is 0.185 e. The molecule has 1 aromatic rings. The maximum Gasteiger partial charge on any atom is 0.185 e. The van der Waals surface area contributed by atoms with Gasteiger partial charge in [0.1, 0.15) is 0 Å². The second kappa shape index (κ2) is 5.52. The van der Waals surface area contributed by atoms with E-state index in [-0.39, 0.29) is 29.9 Å². The SMILES string of the molecule is I.NC(N)=NCC1(Cc2ccccc2)CC1. The minimum Gasteiger partial charge on any atom is -0.370 e. The first-order chi connectivity index (χ1) is 7.20. The van der Waals surface area contributed by atoms with Crippen LogP contribution in [0.5, 0.6) is 0 Å². The van der Waals surface area contributed by atoms with Crippen LogP contribution in [0.3, 0.4) is 0 Å². The highest BCUT2D eigenvalue weighted by atomic mass is 127. The van der Waals surface area contributed by atoms with E-state index in [1.807, 2.05) is 6.07 Å². The Labute approximate surface area is 113 Å². The number of benzene rings is 1. The van der Waals surface area contributed by atoms with Crippen LogP contribution in [0, 0.1) is 5.41 Å². The number of rotatable bonds is 4. The number of hydrogen-bond acceptors (Lipinski definition) is 1. The third kappa shape index (κ3) is 3.66. The van der Waals surface area contributed by atoms with E-state index in [1.165, 1.54) is 18.4 Å². The first kappa shape index (κ1) is 13.3. The zero-order valence-corrected chi connectivity index (χ0v) is 11.6. The average molecular weight is 331 g/mol. The summed E-state index contributed by atoms with van der Waals surface area (Å²) in [6.07, 6.45) is 3.56. The lowest BCUT2D eigenvalue weighted by atomic mass is 9.97. The Balaban J connectivity index is 0.00000128. The summed E-state index contributed by atoms with van der Waals surface area (Å²) in [7, 11) is 0. The summed E-state index contributed by atoms with van der Waals surface area (Å²) in [5.74, 6) is 0.203. The third-order valence-corrected chi connectivity index (χ3v) is 2.98. The molecule has 0 atom stereocenters. The third-order valence-electron chi connectivity index (χ3n) is 2.98. The van der Waals surface area contributed by atoms with E-state index in [9.17, 15) is 0 Å². The second-order valence-corrected chi connectivity index (χ2v) is 4.40.